The van der Waals surface area contributed by atoms with E-state index in [4.69, 9.17) is 0 Å². The van der Waals surface area contributed by atoms with Gasteiger partial charge in [0.2, 0.25) is 0 Å². The van der Waals surface area contributed by atoms with Crippen molar-refractivity contribution < 1.29 is 9.90 Å². The first kappa shape index (κ1) is 15.0. The van der Waals surface area contributed by atoms with Crippen molar-refractivity contribution in [3.8, 4) is 0 Å². The van der Waals surface area contributed by atoms with Gasteiger partial charge in [-0.15, -0.1) is 11.3 Å². The van der Waals surface area contributed by atoms with Crippen molar-refractivity contribution in [1.82, 2.24) is 9.88 Å². The number of aliphatic carboxylic acids is 1. The van der Waals surface area contributed by atoms with Gasteiger partial charge in [-0.3, -0.25) is 9.69 Å². The zero-order valence-corrected chi connectivity index (χ0v) is 13.7. The van der Waals surface area contributed by atoms with Crippen LogP contribution in [0.4, 0.5) is 0 Å². The third kappa shape index (κ3) is 2.99. The number of fused-ring (bicyclic) bond motifs is 1. The first-order chi connectivity index (χ1) is 10.1. The Morgan fingerprint density at radius 2 is 2.05 bits per heavy atom. The molecule has 1 saturated carbocycles. The maximum atomic E-state index is 11.7. The van der Waals surface area contributed by atoms with Crippen LogP contribution in [0.1, 0.15) is 54.1 Å². The lowest BCUT2D eigenvalue weighted by Gasteiger charge is -2.47. The summed E-state index contributed by atoms with van der Waals surface area (Å²) < 4.78 is 0. The Balaban J connectivity index is 1.85. The van der Waals surface area contributed by atoms with E-state index in [0.29, 0.717) is 12.0 Å². The number of carboxylic acid groups (broad SMARTS) is 1. The minimum atomic E-state index is -0.655. The third-order valence-electron chi connectivity index (χ3n) is 5.12. The highest BCUT2D eigenvalue weighted by atomic mass is 32.1. The molecule has 1 aromatic heterocycles. The summed E-state index contributed by atoms with van der Waals surface area (Å²) in [7, 11) is 0. The molecule has 2 heterocycles. The fourth-order valence-electron chi connectivity index (χ4n) is 4.11. The molecule has 116 valence electrons. The molecule has 2 fully saturated rings. The Hall–Kier alpha value is -0.940. The minimum absolute atomic E-state index is 0.314. The highest BCUT2D eigenvalue weighted by Crippen LogP contribution is 2.39. The van der Waals surface area contributed by atoms with Crippen molar-refractivity contribution in [1.29, 1.82) is 0 Å². The van der Waals surface area contributed by atoms with Crippen LogP contribution in [0.2, 0.25) is 0 Å². The van der Waals surface area contributed by atoms with E-state index >= 15 is 0 Å². The highest BCUT2D eigenvalue weighted by molar-refractivity contribution is 7.11. The summed E-state index contributed by atoms with van der Waals surface area (Å²) in [6, 6.07) is 0.140. The molecule has 0 bridgehead atoms. The summed E-state index contributed by atoms with van der Waals surface area (Å²) in [4.78, 5) is 19.7. The number of aryl methyl sites for hydroxylation is 2. The van der Waals surface area contributed by atoms with Crippen LogP contribution in [0.5, 0.6) is 0 Å². The van der Waals surface area contributed by atoms with Gasteiger partial charge in [0.05, 0.1) is 10.7 Å². The number of aromatic nitrogens is 1. The largest absolute Gasteiger partial charge is 0.480 e. The van der Waals surface area contributed by atoms with Gasteiger partial charge in [-0.25, -0.2) is 4.98 Å². The normalized spacial score (nSPS) is 30.1. The molecule has 2 aliphatic rings. The molecule has 0 amide bonds. The summed E-state index contributed by atoms with van der Waals surface area (Å²) in [6.45, 7) is 4.82. The first-order valence-corrected chi connectivity index (χ1v) is 8.79. The maximum Gasteiger partial charge on any atom is 0.320 e. The van der Waals surface area contributed by atoms with Crippen molar-refractivity contribution in [2.45, 2.75) is 71.0 Å². The van der Waals surface area contributed by atoms with E-state index in [-0.39, 0.29) is 6.04 Å². The Labute approximate surface area is 130 Å². The molecule has 1 aliphatic carbocycles. The number of hydrogen-bond acceptors (Lipinski definition) is 4. The second-order valence-corrected chi connectivity index (χ2v) is 7.74. The third-order valence-corrected chi connectivity index (χ3v) is 6.17. The Bertz CT molecular complexity index is 528. The molecular formula is C16H24N2O2S. The van der Waals surface area contributed by atoms with Gasteiger partial charge in [0, 0.05) is 17.5 Å². The highest BCUT2D eigenvalue weighted by Gasteiger charge is 2.41. The number of carbonyl (C=O) groups is 1. The molecule has 4 nitrogen and oxygen atoms in total. The number of hydrogen-bond donors (Lipinski definition) is 1. The van der Waals surface area contributed by atoms with Crippen molar-refractivity contribution in [2.24, 2.45) is 5.92 Å². The van der Waals surface area contributed by atoms with Gasteiger partial charge in [-0.05, 0) is 45.4 Å². The van der Waals surface area contributed by atoms with Crippen LogP contribution in [-0.4, -0.2) is 33.0 Å². The van der Waals surface area contributed by atoms with E-state index in [1.54, 1.807) is 11.3 Å². The topological polar surface area (TPSA) is 53.4 Å². The van der Waals surface area contributed by atoms with Crippen LogP contribution in [0.3, 0.4) is 0 Å². The van der Waals surface area contributed by atoms with Crippen LogP contribution in [0.25, 0.3) is 0 Å². The zero-order chi connectivity index (χ0) is 15.0. The summed E-state index contributed by atoms with van der Waals surface area (Å²) in [5.41, 5.74) is 1.07. The van der Waals surface area contributed by atoms with Crippen molar-refractivity contribution in [2.75, 3.05) is 0 Å². The molecule has 1 aliphatic heterocycles. The van der Waals surface area contributed by atoms with Crippen molar-refractivity contribution in [3.05, 3.63) is 15.6 Å². The first-order valence-electron chi connectivity index (χ1n) is 7.97. The maximum absolute atomic E-state index is 11.7. The van der Waals surface area contributed by atoms with Gasteiger partial charge in [0.1, 0.15) is 6.04 Å². The molecular weight excluding hydrogens is 284 g/mol. The lowest BCUT2D eigenvalue weighted by atomic mass is 9.76. The van der Waals surface area contributed by atoms with Crippen LogP contribution >= 0.6 is 11.3 Å². The summed E-state index contributed by atoms with van der Waals surface area (Å²) in [6.07, 6.45) is 6.86. The Morgan fingerprint density at radius 1 is 1.29 bits per heavy atom. The quantitative estimate of drug-likeness (QED) is 0.930. The van der Waals surface area contributed by atoms with Gasteiger partial charge in [0.15, 0.2) is 0 Å². The summed E-state index contributed by atoms with van der Waals surface area (Å²) in [5.74, 6) is 0.0431. The average molecular weight is 308 g/mol. The predicted molar refractivity (Wildman–Crippen MR) is 83.5 cm³/mol. The number of nitrogens with zero attached hydrogens (tertiary/aromatic N) is 2. The number of piperidine rings is 1. The van der Waals surface area contributed by atoms with Crippen LogP contribution in [-0.2, 0) is 11.3 Å². The molecule has 21 heavy (non-hydrogen) atoms. The SMILES string of the molecule is Cc1nc(C)c(CN2C(C(=O)O)CCC3CCCCC32)s1. The predicted octanol–water partition coefficient (Wildman–Crippen LogP) is 3.37. The van der Waals surface area contributed by atoms with E-state index in [0.717, 1.165) is 36.5 Å². The number of thiazole rings is 1. The van der Waals surface area contributed by atoms with E-state index in [1.807, 2.05) is 13.8 Å². The molecule has 5 heteroatoms. The number of likely N-dealkylation sites (tertiary alicyclic amines) is 1. The number of rotatable bonds is 3. The molecule has 1 aromatic rings. The van der Waals surface area contributed by atoms with E-state index in [1.165, 1.54) is 24.1 Å². The molecule has 0 radical (unpaired) electrons. The smallest absolute Gasteiger partial charge is 0.320 e. The Kier molecular flexibility index (Phi) is 4.31. The van der Waals surface area contributed by atoms with Gasteiger partial charge < -0.3 is 5.11 Å². The molecule has 3 unspecified atom stereocenters. The van der Waals surface area contributed by atoms with Crippen LogP contribution < -0.4 is 0 Å². The van der Waals surface area contributed by atoms with Crippen molar-refractivity contribution >= 4 is 17.3 Å². The zero-order valence-electron chi connectivity index (χ0n) is 12.8. The molecule has 3 atom stereocenters. The summed E-state index contributed by atoms with van der Waals surface area (Å²) >= 11 is 1.72. The van der Waals surface area contributed by atoms with E-state index < -0.39 is 5.97 Å². The van der Waals surface area contributed by atoms with Crippen molar-refractivity contribution in [3.63, 3.8) is 0 Å². The van der Waals surface area contributed by atoms with E-state index in [9.17, 15) is 9.90 Å². The second kappa shape index (κ2) is 6.05. The standard InChI is InChI=1S/C16H24N2O2S/c1-10-15(21-11(2)17-10)9-18-13-6-4-3-5-12(13)7-8-14(18)16(19)20/h12-14H,3-9H2,1-2H3,(H,19,20). The van der Waals surface area contributed by atoms with Gasteiger partial charge in [0.25, 0.3) is 0 Å². The molecule has 3 rings (SSSR count). The fourth-order valence-corrected chi connectivity index (χ4v) is 5.06. The van der Waals surface area contributed by atoms with Gasteiger partial charge >= 0.3 is 5.97 Å². The minimum Gasteiger partial charge on any atom is -0.480 e. The molecule has 1 N–H and O–H groups in total. The average Bonchev–Trinajstić information content (AvgIpc) is 2.77. The lowest BCUT2D eigenvalue weighted by molar-refractivity contribution is -0.148. The summed E-state index contributed by atoms with van der Waals surface area (Å²) in [5, 5.41) is 10.7. The van der Waals surface area contributed by atoms with Crippen LogP contribution in [0.15, 0.2) is 0 Å². The van der Waals surface area contributed by atoms with Gasteiger partial charge in [-0.1, -0.05) is 12.8 Å². The second-order valence-electron chi connectivity index (χ2n) is 6.46. The Morgan fingerprint density at radius 3 is 2.71 bits per heavy atom. The van der Waals surface area contributed by atoms with Crippen LogP contribution in [0, 0.1) is 19.8 Å². The van der Waals surface area contributed by atoms with E-state index in [2.05, 4.69) is 9.88 Å². The lowest BCUT2D eigenvalue weighted by Crippen LogP contribution is -2.54. The molecule has 1 saturated heterocycles. The number of carboxylic acids is 1. The molecule has 0 spiro atoms. The molecule has 0 aromatic carbocycles. The van der Waals surface area contributed by atoms with Gasteiger partial charge in [-0.2, -0.15) is 0 Å². The fraction of sp³-hybridized carbons (Fsp3) is 0.750. The monoisotopic (exact) mass is 308 g/mol.